The fourth-order valence-corrected chi connectivity index (χ4v) is 1.46. The zero-order valence-corrected chi connectivity index (χ0v) is 10.5. The number of nitrogens with one attached hydrogen (secondary N) is 1. The van der Waals surface area contributed by atoms with Gasteiger partial charge in [0.25, 0.3) is 0 Å². The number of urea groups is 1. The number of nitriles is 1. The van der Waals surface area contributed by atoms with Gasteiger partial charge in [0.1, 0.15) is 0 Å². The summed E-state index contributed by atoms with van der Waals surface area (Å²) in [4.78, 5) is 28.0. The van der Waals surface area contributed by atoms with Crippen LogP contribution in [0.5, 0.6) is 0 Å². The van der Waals surface area contributed by atoms with Crippen LogP contribution in [-0.4, -0.2) is 40.1 Å². The predicted molar refractivity (Wildman–Crippen MR) is 67.7 cm³/mol. The topological polar surface area (TPSA) is 106 Å². The number of hydrogen-bond acceptors (Lipinski definition) is 4. The fourth-order valence-electron chi connectivity index (χ4n) is 1.46. The number of carboxylic acid groups (broad SMARTS) is 1. The van der Waals surface area contributed by atoms with E-state index in [9.17, 15) is 9.59 Å². The first kappa shape index (κ1) is 14.4. The van der Waals surface area contributed by atoms with E-state index in [2.05, 4.69) is 10.3 Å². The Kier molecular flexibility index (Phi) is 5.29. The normalized spacial score (nSPS) is 9.47. The molecule has 0 aliphatic carbocycles. The van der Waals surface area contributed by atoms with Crippen molar-refractivity contribution in [2.24, 2.45) is 0 Å². The van der Waals surface area contributed by atoms with Gasteiger partial charge in [0.2, 0.25) is 0 Å². The van der Waals surface area contributed by atoms with Gasteiger partial charge >= 0.3 is 12.0 Å². The molecule has 0 aliphatic heterocycles. The summed E-state index contributed by atoms with van der Waals surface area (Å²) in [5.41, 5.74) is -0.0809. The summed E-state index contributed by atoms with van der Waals surface area (Å²) >= 11 is 0. The molecule has 1 aromatic rings. The van der Waals surface area contributed by atoms with Crippen LogP contribution in [0.4, 0.5) is 10.5 Å². The van der Waals surface area contributed by atoms with Crippen molar-refractivity contribution in [3.63, 3.8) is 0 Å². The number of aromatic nitrogens is 1. The second-order valence-corrected chi connectivity index (χ2v) is 3.62. The lowest BCUT2D eigenvalue weighted by Crippen LogP contribution is -2.35. The molecule has 0 fully saturated rings. The third-order valence-corrected chi connectivity index (χ3v) is 2.41. The lowest BCUT2D eigenvalue weighted by molar-refractivity contribution is 0.0691. The van der Waals surface area contributed by atoms with Gasteiger partial charge < -0.3 is 15.3 Å². The van der Waals surface area contributed by atoms with Gasteiger partial charge in [0.05, 0.1) is 18.2 Å². The van der Waals surface area contributed by atoms with Crippen LogP contribution in [-0.2, 0) is 0 Å². The molecule has 0 unspecified atom stereocenters. The number of pyridine rings is 1. The maximum absolute atomic E-state index is 11.9. The van der Waals surface area contributed by atoms with E-state index in [1.807, 2.05) is 6.07 Å². The maximum Gasteiger partial charge on any atom is 0.356 e. The summed E-state index contributed by atoms with van der Waals surface area (Å²) < 4.78 is 0. The average Bonchev–Trinajstić information content (AvgIpc) is 2.40. The van der Waals surface area contributed by atoms with Gasteiger partial charge in [-0.05, 0) is 19.1 Å². The molecule has 1 aromatic heterocycles. The molecule has 0 radical (unpaired) electrons. The van der Waals surface area contributed by atoms with E-state index in [0.717, 1.165) is 0 Å². The molecule has 0 aromatic carbocycles. The van der Waals surface area contributed by atoms with Gasteiger partial charge in [0.15, 0.2) is 5.69 Å². The van der Waals surface area contributed by atoms with E-state index in [4.69, 9.17) is 10.4 Å². The van der Waals surface area contributed by atoms with Crippen LogP contribution in [0.25, 0.3) is 0 Å². The van der Waals surface area contributed by atoms with Crippen LogP contribution in [0.3, 0.4) is 0 Å². The molecule has 1 heterocycles. The molecular formula is C12H14N4O3. The van der Waals surface area contributed by atoms with Gasteiger partial charge in [0, 0.05) is 19.3 Å². The molecule has 19 heavy (non-hydrogen) atoms. The first-order chi connectivity index (χ1) is 9.10. The third-order valence-electron chi connectivity index (χ3n) is 2.41. The van der Waals surface area contributed by atoms with E-state index in [0.29, 0.717) is 13.1 Å². The summed E-state index contributed by atoms with van der Waals surface area (Å²) in [6.07, 6.45) is 1.56. The lowest BCUT2D eigenvalue weighted by Gasteiger charge is -2.20. The first-order valence-electron chi connectivity index (χ1n) is 5.71. The van der Waals surface area contributed by atoms with Crippen molar-refractivity contribution in [1.82, 2.24) is 9.88 Å². The van der Waals surface area contributed by atoms with Crippen molar-refractivity contribution >= 4 is 17.7 Å². The van der Waals surface area contributed by atoms with Crippen molar-refractivity contribution in [2.75, 3.05) is 18.4 Å². The summed E-state index contributed by atoms with van der Waals surface area (Å²) in [5.74, 6) is -1.21. The monoisotopic (exact) mass is 262 g/mol. The minimum Gasteiger partial charge on any atom is -0.476 e. The standard InChI is InChI=1S/C12H14N4O3/c1-2-16(8-4-6-13)12(19)15-9-5-3-7-14-10(9)11(17)18/h3,5,7H,2,4,8H2,1H3,(H,15,19)(H,17,18). The number of carbonyl (C=O) groups is 2. The van der Waals surface area contributed by atoms with Crippen molar-refractivity contribution in [1.29, 1.82) is 5.26 Å². The second-order valence-electron chi connectivity index (χ2n) is 3.62. The zero-order valence-electron chi connectivity index (χ0n) is 10.5. The van der Waals surface area contributed by atoms with Crippen molar-refractivity contribution < 1.29 is 14.7 Å². The van der Waals surface area contributed by atoms with Gasteiger partial charge in [-0.2, -0.15) is 5.26 Å². The smallest absolute Gasteiger partial charge is 0.356 e. The summed E-state index contributed by atoms with van der Waals surface area (Å²) in [7, 11) is 0. The van der Waals surface area contributed by atoms with Crippen molar-refractivity contribution in [3.05, 3.63) is 24.0 Å². The largest absolute Gasteiger partial charge is 0.476 e. The Labute approximate surface area is 110 Å². The Morgan fingerprint density at radius 3 is 2.89 bits per heavy atom. The molecular weight excluding hydrogens is 248 g/mol. The number of carboxylic acids is 1. The Morgan fingerprint density at radius 2 is 2.32 bits per heavy atom. The highest BCUT2D eigenvalue weighted by Crippen LogP contribution is 2.12. The highest BCUT2D eigenvalue weighted by molar-refractivity contribution is 5.98. The van der Waals surface area contributed by atoms with Crippen LogP contribution in [0.15, 0.2) is 18.3 Å². The minimum absolute atomic E-state index is 0.135. The molecule has 2 N–H and O–H groups in total. The molecule has 0 bridgehead atoms. The van der Waals surface area contributed by atoms with Crippen LogP contribution >= 0.6 is 0 Å². The van der Waals surface area contributed by atoms with Gasteiger partial charge in [-0.1, -0.05) is 0 Å². The number of anilines is 1. The average molecular weight is 262 g/mol. The first-order valence-corrected chi connectivity index (χ1v) is 5.71. The lowest BCUT2D eigenvalue weighted by atomic mass is 10.3. The summed E-state index contributed by atoms with van der Waals surface area (Å²) in [5, 5.41) is 19.9. The molecule has 7 nitrogen and oxygen atoms in total. The summed E-state index contributed by atoms with van der Waals surface area (Å²) in [6.45, 7) is 2.50. The number of rotatable bonds is 5. The fraction of sp³-hybridized carbons (Fsp3) is 0.333. The van der Waals surface area contributed by atoms with Gasteiger partial charge in [-0.15, -0.1) is 0 Å². The van der Waals surface area contributed by atoms with Gasteiger partial charge in [-0.25, -0.2) is 14.6 Å². The molecule has 0 spiro atoms. The second kappa shape index (κ2) is 6.96. The SMILES string of the molecule is CCN(CCC#N)C(=O)Nc1cccnc1C(=O)O. The maximum atomic E-state index is 11.9. The molecule has 100 valence electrons. The van der Waals surface area contributed by atoms with E-state index >= 15 is 0 Å². The minimum atomic E-state index is -1.21. The highest BCUT2D eigenvalue weighted by Gasteiger charge is 2.16. The number of aromatic carboxylic acids is 1. The molecule has 0 atom stereocenters. The Balaban J connectivity index is 2.81. The van der Waals surface area contributed by atoms with Crippen molar-refractivity contribution in [3.8, 4) is 6.07 Å². The Morgan fingerprint density at radius 1 is 1.58 bits per heavy atom. The molecule has 2 amide bonds. The van der Waals surface area contributed by atoms with Crippen molar-refractivity contribution in [2.45, 2.75) is 13.3 Å². The predicted octanol–water partition coefficient (Wildman–Crippen LogP) is 1.55. The molecule has 1 rings (SSSR count). The zero-order chi connectivity index (χ0) is 14.3. The van der Waals surface area contributed by atoms with E-state index in [1.165, 1.54) is 23.2 Å². The van der Waals surface area contributed by atoms with Crippen LogP contribution < -0.4 is 5.32 Å². The summed E-state index contributed by atoms with van der Waals surface area (Å²) in [6, 6.07) is 4.50. The molecule has 0 saturated heterocycles. The van der Waals surface area contributed by atoms with Crippen LogP contribution in [0.1, 0.15) is 23.8 Å². The van der Waals surface area contributed by atoms with Crippen LogP contribution in [0, 0.1) is 11.3 Å². The highest BCUT2D eigenvalue weighted by atomic mass is 16.4. The molecule has 7 heteroatoms. The van der Waals surface area contributed by atoms with E-state index < -0.39 is 12.0 Å². The molecule has 0 saturated carbocycles. The molecule has 0 aliphatic rings. The van der Waals surface area contributed by atoms with E-state index in [-0.39, 0.29) is 17.8 Å². The number of hydrogen-bond donors (Lipinski definition) is 2. The number of carbonyl (C=O) groups excluding carboxylic acids is 1. The quantitative estimate of drug-likeness (QED) is 0.837. The van der Waals surface area contributed by atoms with Gasteiger partial charge in [-0.3, -0.25) is 0 Å². The van der Waals surface area contributed by atoms with E-state index in [1.54, 1.807) is 6.92 Å². The Bertz CT molecular complexity index is 510. The third kappa shape index (κ3) is 3.96. The number of nitrogens with zero attached hydrogens (tertiary/aromatic N) is 3. The van der Waals surface area contributed by atoms with Crippen LogP contribution in [0.2, 0.25) is 0 Å². The Hall–Kier alpha value is -2.62. The number of amides is 2.